The molecule has 1 heterocycles. The maximum Gasteiger partial charge on any atom is 0.203 e. The van der Waals surface area contributed by atoms with E-state index in [1.165, 1.54) is 31.7 Å². The van der Waals surface area contributed by atoms with Crippen LogP contribution in [0.25, 0.3) is 0 Å². The van der Waals surface area contributed by atoms with Crippen LogP contribution in [0.4, 0.5) is 10.3 Å². The first-order valence-electron chi connectivity index (χ1n) is 7.76. The van der Waals surface area contributed by atoms with E-state index in [4.69, 9.17) is 0 Å². The number of benzene rings is 1. The van der Waals surface area contributed by atoms with Crippen LogP contribution in [0.3, 0.4) is 0 Å². The minimum atomic E-state index is -0.171. The van der Waals surface area contributed by atoms with Crippen LogP contribution in [0.1, 0.15) is 43.0 Å². The van der Waals surface area contributed by atoms with Gasteiger partial charge in [-0.05, 0) is 43.9 Å². The van der Waals surface area contributed by atoms with E-state index < -0.39 is 0 Å². The lowest BCUT2D eigenvalue weighted by atomic mass is 10.1. The highest BCUT2D eigenvalue weighted by Crippen LogP contribution is 2.32. The molecule has 1 saturated carbocycles. The number of hydrogen-bond donors (Lipinski definition) is 1. The first kappa shape index (κ1) is 14.1. The van der Waals surface area contributed by atoms with Gasteiger partial charge in [-0.25, -0.2) is 9.37 Å². The fourth-order valence-corrected chi connectivity index (χ4v) is 3.12. The Balaban J connectivity index is 1.62. The molecule has 0 aliphatic heterocycles. The molecular formula is C17H22FN3. The third-order valence-electron chi connectivity index (χ3n) is 4.16. The summed E-state index contributed by atoms with van der Waals surface area (Å²) in [6.45, 7) is 2.80. The van der Waals surface area contributed by atoms with Gasteiger partial charge in [-0.2, -0.15) is 0 Å². The molecule has 3 rings (SSSR count). The Labute approximate surface area is 125 Å². The third kappa shape index (κ3) is 3.43. The number of halogens is 1. The normalized spacial score (nSPS) is 15.5. The zero-order valence-corrected chi connectivity index (χ0v) is 12.5. The standard InChI is InChI=1S/C17H22FN3/c1-13-12-21(16-7-2-3-8-16)17(20-13)19-10-9-14-5-4-6-15(18)11-14/h4-6,11-12,16H,2-3,7-10H2,1H3,(H,19,20). The monoisotopic (exact) mass is 287 g/mol. The van der Waals surface area contributed by atoms with E-state index in [0.717, 1.165) is 30.2 Å². The number of nitrogens with zero attached hydrogens (tertiary/aromatic N) is 2. The van der Waals surface area contributed by atoms with Gasteiger partial charge in [0, 0.05) is 18.8 Å². The average molecular weight is 287 g/mol. The predicted octanol–water partition coefficient (Wildman–Crippen LogP) is 4.10. The van der Waals surface area contributed by atoms with Gasteiger partial charge in [0.1, 0.15) is 5.82 Å². The molecule has 0 saturated heterocycles. The van der Waals surface area contributed by atoms with E-state index in [1.54, 1.807) is 12.1 Å². The number of aryl methyl sites for hydroxylation is 1. The lowest BCUT2D eigenvalue weighted by Gasteiger charge is -2.15. The van der Waals surface area contributed by atoms with Gasteiger partial charge >= 0.3 is 0 Å². The Morgan fingerprint density at radius 3 is 2.90 bits per heavy atom. The third-order valence-corrected chi connectivity index (χ3v) is 4.16. The lowest BCUT2D eigenvalue weighted by Crippen LogP contribution is -2.13. The number of aromatic nitrogens is 2. The zero-order chi connectivity index (χ0) is 14.7. The van der Waals surface area contributed by atoms with Crippen molar-refractivity contribution in [2.45, 2.75) is 45.1 Å². The largest absolute Gasteiger partial charge is 0.355 e. The van der Waals surface area contributed by atoms with Crippen LogP contribution in [0.2, 0.25) is 0 Å². The van der Waals surface area contributed by atoms with Crippen LogP contribution in [0.5, 0.6) is 0 Å². The summed E-state index contributed by atoms with van der Waals surface area (Å²) in [5, 5.41) is 3.41. The molecule has 112 valence electrons. The maximum absolute atomic E-state index is 13.2. The van der Waals surface area contributed by atoms with Crippen LogP contribution in [0.15, 0.2) is 30.5 Å². The van der Waals surface area contributed by atoms with Gasteiger partial charge in [0.2, 0.25) is 5.95 Å². The highest BCUT2D eigenvalue weighted by molar-refractivity contribution is 5.30. The summed E-state index contributed by atoms with van der Waals surface area (Å²) in [6, 6.07) is 7.37. The molecule has 1 N–H and O–H groups in total. The summed E-state index contributed by atoms with van der Waals surface area (Å²) in [6.07, 6.45) is 8.05. The van der Waals surface area contributed by atoms with Crippen LogP contribution in [0, 0.1) is 12.7 Å². The van der Waals surface area contributed by atoms with Gasteiger partial charge in [0.15, 0.2) is 0 Å². The molecule has 1 fully saturated rings. The summed E-state index contributed by atoms with van der Waals surface area (Å²) < 4.78 is 15.4. The van der Waals surface area contributed by atoms with Gasteiger partial charge in [0.25, 0.3) is 0 Å². The van der Waals surface area contributed by atoms with E-state index in [-0.39, 0.29) is 5.82 Å². The Kier molecular flexibility index (Phi) is 4.23. The fraction of sp³-hybridized carbons (Fsp3) is 0.471. The van der Waals surface area contributed by atoms with Crippen molar-refractivity contribution in [3.05, 3.63) is 47.5 Å². The molecule has 21 heavy (non-hydrogen) atoms. The molecule has 1 aromatic heterocycles. The maximum atomic E-state index is 13.2. The number of rotatable bonds is 5. The summed E-state index contributed by atoms with van der Waals surface area (Å²) in [5.41, 5.74) is 2.06. The van der Waals surface area contributed by atoms with E-state index in [2.05, 4.69) is 21.1 Å². The minimum absolute atomic E-state index is 0.171. The molecule has 1 aliphatic rings. The van der Waals surface area contributed by atoms with E-state index >= 15 is 0 Å². The van der Waals surface area contributed by atoms with Crippen LogP contribution in [-0.2, 0) is 6.42 Å². The van der Waals surface area contributed by atoms with E-state index in [1.807, 2.05) is 13.0 Å². The van der Waals surface area contributed by atoms with Gasteiger partial charge in [-0.1, -0.05) is 25.0 Å². The van der Waals surface area contributed by atoms with Crippen molar-refractivity contribution in [3.63, 3.8) is 0 Å². The zero-order valence-electron chi connectivity index (χ0n) is 12.5. The second kappa shape index (κ2) is 6.29. The van der Waals surface area contributed by atoms with Gasteiger partial charge < -0.3 is 9.88 Å². The van der Waals surface area contributed by atoms with Crippen molar-refractivity contribution in [1.29, 1.82) is 0 Å². The molecule has 1 aromatic carbocycles. The molecule has 0 spiro atoms. The molecule has 3 nitrogen and oxygen atoms in total. The van der Waals surface area contributed by atoms with Crippen LogP contribution >= 0.6 is 0 Å². The Bertz CT molecular complexity index is 600. The number of imidazole rings is 1. The second-order valence-corrected chi connectivity index (χ2v) is 5.86. The van der Waals surface area contributed by atoms with Gasteiger partial charge in [0.05, 0.1) is 5.69 Å². The summed E-state index contributed by atoms with van der Waals surface area (Å²) in [5.74, 6) is 0.784. The molecule has 2 aromatic rings. The molecular weight excluding hydrogens is 265 g/mol. The highest BCUT2D eigenvalue weighted by Gasteiger charge is 2.19. The van der Waals surface area contributed by atoms with Crippen molar-refractivity contribution in [2.24, 2.45) is 0 Å². The quantitative estimate of drug-likeness (QED) is 0.897. The molecule has 1 aliphatic carbocycles. The molecule has 0 bridgehead atoms. The van der Waals surface area contributed by atoms with Gasteiger partial charge in [-0.15, -0.1) is 0 Å². The molecule has 0 amide bonds. The number of hydrogen-bond acceptors (Lipinski definition) is 2. The van der Waals surface area contributed by atoms with Crippen molar-refractivity contribution in [1.82, 2.24) is 9.55 Å². The molecule has 0 atom stereocenters. The van der Waals surface area contributed by atoms with Crippen molar-refractivity contribution >= 4 is 5.95 Å². The fourth-order valence-electron chi connectivity index (χ4n) is 3.12. The molecule has 4 heteroatoms. The minimum Gasteiger partial charge on any atom is -0.355 e. The topological polar surface area (TPSA) is 29.9 Å². The summed E-state index contributed by atoms with van der Waals surface area (Å²) in [4.78, 5) is 4.58. The Morgan fingerprint density at radius 1 is 1.33 bits per heavy atom. The van der Waals surface area contributed by atoms with E-state index in [9.17, 15) is 4.39 Å². The smallest absolute Gasteiger partial charge is 0.203 e. The highest BCUT2D eigenvalue weighted by atomic mass is 19.1. The lowest BCUT2D eigenvalue weighted by molar-refractivity contribution is 0.522. The summed E-state index contributed by atoms with van der Waals surface area (Å²) in [7, 11) is 0. The Morgan fingerprint density at radius 2 is 2.14 bits per heavy atom. The molecule has 0 radical (unpaired) electrons. The average Bonchev–Trinajstić information content (AvgIpc) is 3.08. The predicted molar refractivity (Wildman–Crippen MR) is 83.1 cm³/mol. The number of anilines is 1. The van der Waals surface area contributed by atoms with Crippen molar-refractivity contribution < 1.29 is 4.39 Å². The molecule has 0 unspecified atom stereocenters. The van der Waals surface area contributed by atoms with Crippen LogP contribution < -0.4 is 5.32 Å². The second-order valence-electron chi connectivity index (χ2n) is 5.86. The van der Waals surface area contributed by atoms with Crippen molar-refractivity contribution in [2.75, 3.05) is 11.9 Å². The SMILES string of the molecule is Cc1cn(C2CCCC2)c(NCCc2cccc(F)c2)n1. The first-order chi connectivity index (χ1) is 10.2. The van der Waals surface area contributed by atoms with E-state index in [0.29, 0.717) is 6.04 Å². The van der Waals surface area contributed by atoms with Gasteiger partial charge in [-0.3, -0.25) is 0 Å². The Hall–Kier alpha value is -1.84. The first-order valence-corrected chi connectivity index (χ1v) is 7.76. The number of nitrogens with one attached hydrogen (secondary N) is 1. The van der Waals surface area contributed by atoms with Crippen LogP contribution in [-0.4, -0.2) is 16.1 Å². The summed E-state index contributed by atoms with van der Waals surface area (Å²) >= 11 is 0. The van der Waals surface area contributed by atoms with Crippen molar-refractivity contribution in [3.8, 4) is 0 Å².